The number of hydrogen-bond donors (Lipinski definition) is 2. The summed E-state index contributed by atoms with van der Waals surface area (Å²) in [6.45, 7) is 0. The summed E-state index contributed by atoms with van der Waals surface area (Å²) in [4.78, 5) is 17.0. The van der Waals surface area contributed by atoms with E-state index in [0.717, 1.165) is 11.4 Å². The molecule has 1 aromatic heterocycles. The number of ether oxygens (including phenoxy) is 1. The molecule has 3 aromatic carbocycles. The topological polar surface area (TPSA) is 63.2 Å². The van der Waals surface area contributed by atoms with Crippen molar-refractivity contribution in [3.05, 3.63) is 109 Å². The standard InChI is InChI=1S/C24H19N3O2/c28-24(18-15-20(17-25-16-18)26-19-9-3-1-4-10-19)27-22-13-7-8-14-23(22)29-21-11-5-2-6-12-21/h1-17,26H,(H,27,28). The predicted octanol–water partition coefficient (Wildman–Crippen LogP) is 5.87. The largest absolute Gasteiger partial charge is 0.455 e. The van der Waals surface area contributed by atoms with Crippen molar-refractivity contribution in [2.24, 2.45) is 0 Å². The molecule has 5 heteroatoms. The van der Waals surface area contributed by atoms with Gasteiger partial charge in [0.15, 0.2) is 5.75 Å². The Kier molecular flexibility index (Phi) is 5.48. The van der Waals surface area contributed by atoms with Crippen LogP contribution < -0.4 is 15.4 Å². The van der Waals surface area contributed by atoms with Gasteiger partial charge in [0.1, 0.15) is 5.75 Å². The number of nitrogens with zero attached hydrogens (tertiary/aromatic N) is 1. The molecule has 0 spiro atoms. The minimum atomic E-state index is -0.265. The lowest BCUT2D eigenvalue weighted by molar-refractivity contribution is 0.102. The molecule has 29 heavy (non-hydrogen) atoms. The predicted molar refractivity (Wildman–Crippen MR) is 115 cm³/mol. The molecule has 0 atom stereocenters. The summed E-state index contributed by atoms with van der Waals surface area (Å²) in [5.41, 5.74) is 2.69. The zero-order valence-corrected chi connectivity index (χ0v) is 15.6. The van der Waals surface area contributed by atoms with Gasteiger partial charge in [0.25, 0.3) is 5.91 Å². The van der Waals surface area contributed by atoms with Crippen molar-refractivity contribution in [1.29, 1.82) is 0 Å². The van der Waals surface area contributed by atoms with Crippen molar-refractivity contribution < 1.29 is 9.53 Å². The molecule has 0 bridgehead atoms. The molecule has 0 unspecified atom stereocenters. The number of rotatable bonds is 6. The van der Waals surface area contributed by atoms with Crippen LogP contribution in [0.3, 0.4) is 0 Å². The summed E-state index contributed by atoms with van der Waals surface area (Å²) in [6, 6.07) is 28.2. The molecule has 0 aliphatic heterocycles. The summed E-state index contributed by atoms with van der Waals surface area (Å²) in [6.07, 6.45) is 3.21. The Morgan fingerprint density at radius 1 is 0.759 bits per heavy atom. The Labute approximate surface area is 169 Å². The summed E-state index contributed by atoms with van der Waals surface area (Å²) in [5.74, 6) is 1.00. The van der Waals surface area contributed by atoms with Crippen LogP contribution in [0.25, 0.3) is 0 Å². The first-order valence-corrected chi connectivity index (χ1v) is 9.18. The first kappa shape index (κ1) is 18.3. The van der Waals surface area contributed by atoms with Crippen LogP contribution in [0.4, 0.5) is 17.1 Å². The fourth-order valence-electron chi connectivity index (χ4n) is 2.79. The van der Waals surface area contributed by atoms with Crippen molar-refractivity contribution in [3.63, 3.8) is 0 Å². The second kappa shape index (κ2) is 8.71. The molecular formula is C24H19N3O2. The summed E-state index contributed by atoms with van der Waals surface area (Å²) >= 11 is 0. The van der Waals surface area contributed by atoms with Gasteiger partial charge in [0.2, 0.25) is 0 Å². The molecule has 0 saturated heterocycles. The molecule has 0 fully saturated rings. The van der Waals surface area contributed by atoms with Crippen LogP contribution in [0, 0.1) is 0 Å². The zero-order valence-electron chi connectivity index (χ0n) is 15.6. The van der Waals surface area contributed by atoms with E-state index in [1.165, 1.54) is 6.20 Å². The average Bonchev–Trinajstić information content (AvgIpc) is 2.77. The fraction of sp³-hybridized carbons (Fsp3) is 0. The number of benzene rings is 3. The summed E-state index contributed by atoms with van der Waals surface area (Å²) < 4.78 is 5.91. The smallest absolute Gasteiger partial charge is 0.257 e. The third-order valence-corrected chi connectivity index (χ3v) is 4.17. The molecule has 142 valence electrons. The number of aromatic nitrogens is 1. The molecule has 4 aromatic rings. The minimum absolute atomic E-state index is 0.265. The second-order valence-electron chi connectivity index (χ2n) is 6.32. The Balaban J connectivity index is 1.51. The number of para-hydroxylation sites is 4. The van der Waals surface area contributed by atoms with Crippen LogP contribution in [-0.2, 0) is 0 Å². The van der Waals surface area contributed by atoms with Gasteiger partial charge in [0, 0.05) is 11.9 Å². The van der Waals surface area contributed by atoms with E-state index in [1.54, 1.807) is 18.3 Å². The Morgan fingerprint density at radius 3 is 2.24 bits per heavy atom. The Hall–Kier alpha value is -4.12. The third-order valence-electron chi connectivity index (χ3n) is 4.17. The first-order chi connectivity index (χ1) is 14.3. The van der Waals surface area contributed by atoms with E-state index in [-0.39, 0.29) is 5.91 Å². The van der Waals surface area contributed by atoms with Gasteiger partial charge in [-0.25, -0.2) is 0 Å². The van der Waals surface area contributed by atoms with Gasteiger partial charge in [-0.05, 0) is 42.5 Å². The van der Waals surface area contributed by atoms with Crippen LogP contribution >= 0.6 is 0 Å². The lowest BCUT2D eigenvalue weighted by Crippen LogP contribution is -2.13. The lowest BCUT2D eigenvalue weighted by Gasteiger charge is -2.13. The Morgan fingerprint density at radius 2 is 1.45 bits per heavy atom. The van der Waals surface area contributed by atoms with E-state index in [9.17, 15) is 4.79 Å². The first-order valence-electron chi connectivity index (χ1n) is 9.18. The number of pyridine rings is 1. The van der Waals surface area contributed by atoms with Crippen LogP contribution in [0.2, 0.25) is 0 Å². The van der Waals surface area contributed by atoms with Gasteiger partial charge in [-0.15, -0.1) is 0 Å². The number of carbonyl (C=O) groups excluding carboxylic acids is 1. The van der Waals surface area contributed by atoms with Gasteiger partial charge >= 0.3 is 0 Å². The van der Waals surface area contributed by atoms with E-state index in [4.69, 9.17) is 4.74 Å². The van der Waals surface area contributed by atoms with Crippen molar-refractivity contribution in [2.45, 2.75) is 0 Å². The van der Waals surface area contributed by atoms with E-state index < -0.39 is 0 Å². The number of amides is 1. The maximum Gasteiger partial charge on any atom is 0.257 e. The number of carbonyl (C=O) groups is 1. The van der Waals surface area contributed by atoms with Gasteiger partial charge in [0.05, 0.1) is 23.1 Å². The zero-order chi connectivity index (χ0) is 19.9. The lowest BCUT2D eigenvalue weighted by atomic mass is 10.2. The molecule has 0 saturated carbocycles. The summed E-state index contributed by atoms with van der Waals surface area (Å²) in [7, 11) is 0. The molecule has 5 nitrogen and oxygen atoms in total. The van der Waals surface area contributed by atoms with E-state index >= 15 is 0 Å². The van der Waals surface area contributed by atoms with Crippen LogP contribution in [0.5, 0.6) is 11.5 Å². The highest BCUT2D eigenvalue weighted by Gasteiger charge is 2.11. The molecule has 0 aliphatic carbocycles. The molecular weight excluding hydrogens is 362 g/mol. The maximum atomic E-state index is 12.8. The van der Waals surface area contributed by atoms with E-state index in [2.05, 4.69) is 15.6 Å². The number of nitrogens with one attached hydrogen (secondary N) is 2. The Bertz CT molecular complexity index is 1100. The molecule has 1 amide bonds. The SMILES string of the molecule is O=C(Nc1ccccc1Oc1ccccc1)c1cncc(Nc2ccccc2)c1. The monoisotopic (exact) mass is 381 g/mol. The second-order valence-corrected chi connectivity index (χ2v) is 6.32. The molecule has 0 radical (unpaired) electrons. The van der Waals surface area contributed by atoms with Gasteiger partial charge < -0.3 is 15.4 Å². The minimum Gasteiger partial charge on any atom is -0.455 e. The normalized spacial score (nSPS) is 10.2. The number of anilines is 3. The van der Waals surface area contributed by atoms with Gasteiger partial charge in [-0.2, -0.15) is 0 Å². The van der Waals surface area contributed by atoms with Crippen LogP contribution in [0.1, 0.15) is 10.4 Å². The average molecular weight is 381 g/mol. The van der Waals surface area contributed by atoms with E-state index in [1.807, 2.05) is 78.9 Å². The molecule has 4 rings (SSSR count). The summed E-state index contributed by atoms with van der Waals surface area (Å²) in [5, 5.41) is 6.15. The molecule has 0 aliphatic rings. The van der Waals surface area contributed by atoms with Crippen molar-refractivity contribution >= 4 is 23.0 Å². The maximum absolute atomic E-state index is 12.8. The molecule has 1 heterocycles. The van der Waals surface area contributed by atoms with Crippen LogP contribution in [-0.4, -0.2) is 10.9 Å². The highest BCUT2D eigenvalue weighted by Crippen LogP contribution is 2.29. The van der Waals surface area contributed by atoms with Gasteiger partial charge in [-0.1, -0.05) is 48.5 Å². The van der Waals surface area contributed by atoms with Crippen molar-refractivity contribution in [1.82, 2.24) is 4.98 Å². The highest BCUT2D eigenvalue weighted by atomic mass is 16.5. The van der Waals surface area contributed by atoms with Crippen LogP contribution in [0.15, 0.2) is 103 Å². The highest BCUT2D eigenvalue weighted by molar-refractivity contribution is 6.05. The van der Waals surface area contributed by atoms with Gasteiger partial charge in [-0.3, -0.25) is 9.78 Å². The quantitative estimate of drug-likeness (QED) is 0.438. The van der Waals surface area contributed by atoms with Crippen molar-refractivity contribution in [2.75, 3.05) is 10.6 Å². The van der Waals surface area contributed by atoms with Crippen molar-refractivity contribution in [3.8, 4) is 11.5 Å². The van der Waals surface area contributed by atoms with E-state index in [0.29, 0.717) is 22.7 Å². The fourth-order valence-corrected chi connectivity index (χ4v) is 2.79. The third kappa shape index (κ3) is 4.78. The molecule has 2 N–H and O–H groups in total. The number of hydrogen-bond acceptors (Lipinski definition) is 4.